The van der Waals surface area contributed by atoms with E-state index in [4.69, 9.17) is 4.74 Å². The highest BCUT2D eigenvalue weighted by atomic mass is 32.2. The van der Waals surface area contributed by atoms with E-state index >= 15 is 0 Å². The van der Waals surface area contributed by atoms with Crippen molar-refractivity contribution < 1.29 is 22.3 Å². The summed E-state index contributed by atoms with van der Waals surface area (Å²) in [5.74, 6) is -0.347. The Morgan fingerprint density at radius 2 is 1.80 bits per heavy atom. The number of sulfonamides is 1. The molecule has 134 valence electrons. The average Bonchev–Trinajstić information content (AvgIpc) is 2.58. The SMILES string of the molecule is COc1ccccc1CNC(=O)CN(c1ccc(F)cc1)S(C)(=O)=O. The van der Waals surface area contributed by atoms with Gasteiger partial charge in [0.2, 0.25) is 15.9 Å². The minimum atomic E-state index is -3.70. The molecule has 25 heavy (non-hydrogen) atoms. The maximum atomic E-state index is 13.0. The maximum Gasteiger partial charge on any atom is 0.241 e. The molecule has 6 nitrogen and oxygen atoms in total. The van der Waals surface area contributed by atoms with E-state index in [0.717, 1.165) is 28.3 Å². The lowest BCUT2D eigenvalue weighted by molar-refractivity contribution is -0.119. The number of nitrogens with zero attached hydrogens (tertiary/aromatic N) is 1. The summed E-state index contributed by atoms with van der Waals surface area (Å²) < 4.78 is 43.1. The van der Waals surface area contributed by atoms with Crippen LogP contribution in [0.5, 0.6) is 5.75 Å². The molecule has 0 bridgehead atoms. The van der Waals surface area contributed by atoms with Gasteiger partial charge in [0.25, 0.3) is 0 Å². The van der Waals surface area contributed by atoms with Crippen molar-refractivity contribution >= 4 is 21.6 Å². The number of carbonyl (C=O) groups is 1. The standard InChI is InChI=1S/C17H19FN2O4S/c1-24-16-6-4-3-5-13(16)11-19-17(21)12-20(25(2,22)23)15-9-7-14(18)8-10-15/h3-10H,11-12H2,1-2H3,(H,19,21). The van der Waals surface area contributed by atoms with Crippen LogP contribution in [0.25, 0.3) is 0 Å². The zero-order chi connectivity index (χ0) is 18.4. The van der Waals surface area contributed by atoms with Gasteiger partial charge in [-0.05, 0) is 30.3 Å². The molecule has 1 N–H and O–H groups in total. The van der Waals surface area contributed by atoms with E-state index < -0.39 is 28.3 Å². The predicted octanol–water partition coefficient (Wildman–Crippen LogP) is 1.92. The van der Waals surface area contributed by atoms with Crippen LogP contribution in [-0.2, 0) is 21.4 Å². The Morgan fingerprint density at radius 3 is 2.40 bits per heavy atom. The van der Waals surface area contributed by atoms with Gasteiger partial charge in [-0.15, -0.1) is 0 Å². The zero-order valence-corrected chi connectivity index (χ0v) is 14.7. The van der Waals surface area contributed by atoms with Gasteiger partial charge in [0, 0.05) is 12.1 Å². The lowest BCUT2D eigenvalue weighted by Crippen LogP contribution is -2.40. The summed E-state index contributed by atoms with van der Waals surface area (Å²) >= 11 is 0. The molecule has 0 unspecified atom stereocenters. The molecule has 0 saturated heterocycles. The monoisotopic (exact) mass is 366 g/mol. The van der Waals surface area contributed by atoms with E-state index in [9.17, 15) is 17.6 Å². The highest BCUT2D eigenvalue weighted by Crippen LogP contribution is 2.18. The molecule has 1 amide bonds. The fourth-order valence-corrected chi connectivity index (χ4v) is 3.09. The van der Waals surface area contributed by atoms with Crippen LogP contribution in [0.15, 0.2) is 48.5 Å². The van der Waals surface area contributed by atoms with Crippen LogP contribution in [0, 0.1) is 5.82 Å². The zero-order valence-electron chi connectivity index (χ0n) is 13.9. The van der Waals surface area contributed by atoms with Gasteiger partial charge in [0.1, 0.15) is 18.1 Å². The topological polar surface area (TPSA) is 75.7 Å². The van der Waals surface area contributed by atoms with Crippen LogP contribution >= 0.6 is 0 Å². The van der Waals surface area contributed by atoms with Gasteiger partial charge in [0.15, 0.2) is 0 Å². The smallest absolute Gasteiger partial charge is 0.241 e. The minimum absolute atomic E-state index is 0.198. The highest BCUT2D eigenvalue weighted by Gasteiger charge is 2.20. The van der Waals surface area contributed by atoms with E-state index in [2.05, 4.69) is 5.32 Å². The van der Waals surface area contributed by atoms with E-state index in [1.807, 2.05) is 12.1 Å². The summed E-state index contributed by atoms with van der Waals surface area (Å²) in [6.45, 7) is -0.205. The van der Waals surface area contributed by atoms with Crippen molar-refractivity contribution in [2.45, 2.75) is 6.54 Å². The summed E-state index contributed by atoms with van der Waals surface area (Å²) in [4.78, 5) is 12.2. The first-order valence-electron chi connectivity index (χ1n) is 7.43. The molecular weight excluding hydrogens is 347 g/mol. The lowest BCUT2D eigenvalue weighted by atomic mass is 10.2. The molecule has 2 rings (SSSR count). The third-order valence-corrected chi connectivity index (χ3v) is 4.61. The number of hydrogen-bond donors (Lipinski definition) is 1. The van der Waals surface area contributed by atoms with Crippen LogP contribution in [0.1, 0.15) is 5.56 Å². The number of hydrogen-bond acceptors (Lipinski definition) is 4. The number of rotatable bonds is 7. The Balaban J connectivity index is 2.08. The average molecular weight is 366 g/mol. The van der Waals surface area contributed by atoms with Crippen molar-refractivity contribution in [2.75, 3.05) is 24.2 Å². The Kier molecular flexibility index (Phi) is 5.97. The highest BCUT2D eigenvalue weighted by molar-refractivity contribution is 7.92. The number of amides is 1. The summed E-state index contributed by atoms with van der Waals surface area (Å²) in [7, 11) is -2.17. The van der Waals surface area contributed by atoms with Gasteiger partial charge in [0.05, 0.1) is 19.1 Å². The molecule has 0 aromatic heterocycles. The number of methoxy groups -OCH3 is 1. The summed E-state index contributed by atoms with van der Waals surface area (Å²) in [6, 6.07) is 12.1. The van der Waals surface area contributed by atoms with Gasteiger partial charge < -0.3 is 10.1 Å². The molecule has 0 saturated carbocycles. The van der Waals surface area contributed by atoms with Crippen LogP contribution in [-0.4, -0.2) is 34.2 Å². The molecule has 0 heterocycles. The van der Waals surface area contributed by atoms with E-state index in [1.54, 1.807) is 12.1 Å². The molecule has 0 aliphatic heterocycles. The molecule has 0 aliphatic rings. The summed E-state index contributed by atoms with van der Waals surface area (Å²) in [6.07, 6.45) is 0.990. The molecule has 0 atom stereocenters. The van der Waals surface area contributed by atoms with Crippen LogP contribution in [0.3, 0.4) is 0 Å². The van der Waals surface area contributed by atoms with Crippen molar-refractivity contribution in [3.05, 3.63) is 59.9 Å². The second kappa shape index (κ2) is 7.98. The Labute approximate surface area is 146 Å². The Hall–Kier alpha value is -2.61. The van der Waals surface area contributed by atoms with Crippen molar-refractivity contribution in [3.8, 4) is 5.75 Å². The molecular formula is C17H19FN2O4S. The van der Waals surface area contributed by atoms with E-state index in [0.29, 0.717) is 5.75 Å². The largest absolute Gasteiger partial charge is 0.496 e. The van der Waals surface area contributed by atoms with Crippen LogP contribution in [0.4, 0.5) is 10.1 Å². The van der Waals surface area contributed by atoms with Crippen molar-refractivity contribution in [3.63, 3.8) is 0 Å². The molecule has 8 heteroatoms. The summed E-state index contributed by atoms with van der Waals surface area (Å²) in [5, 5.41) is 2.66. The first kappa shape index (κ1) is 18.7. The molecule has 0 spiro atoms. The number of para-hydroxylation sites is 1. The van der Waals surface area contributed by atoms with Crippen molar-refractivity contribution in [1.82, 2.24) is 5.32 Å². The van der Waals surface area contributed by atoms with Crippen molar-refractivity contribution in [1.29, 1.82) is 0 Å². The quantitative estimate of drug-likeness (QED) is 0.812. The molecule has 0 radical (unpaired) electrons. The van der Waals surface area contributed by atoms with Gasteiger partial charge in [-0.25, -0.2) is 12.8 Å². The predicted molar refractivity (Wildman–Crippen MR) is 93.4 cm³/mol. The van der Waals surface area contributed by atoms with Gasteiger partial charge in [-0.1, -0.05) is 18.2 Å². The second-order valence-electron chi connectivity index (χ2n) is 5.33. The number of carbonyl (C=O) groups excluding carboxylic acids is 1. The normalized spacial score (nSPS) is 11.0. The number of nitrogens with one attached hydrogen (secondary N) is 1. The minimum Gasteiger partial charge on any atom is -0.496 e. The fraction of sp³-hybridized carbons (Fsp3) is 0.235. The van der Waals surface area contributed by atoms with Crippen LogP contribution in [0.2, 0.25) is 0 Å². The van der Waals surface area contributed by atoms with Gasteiger partial charge >= 0.3 is 0 Å². The number of ether oxygens (including phenoxy) is 1. The van der Waals surface area contributed by atoms with Crippen molar-refractivity contribution in [2.24, 2.45) is 0 Å². The molecule has 0 fully saturated rings. The molecule has 2 aromatic rings. The van der Waals surface area contributed by atoms with E-state index in [1.165, 1.54) is 19.2 Å². The number of benzene rings is 2. The lowest BCUT2D eigenvalue weighted by Gasteiger charge is -2.22. The third kappa shape index (κ3) is 5.18. The van der Waals surface area contributed by atoms with Gasteiger partial charge in [-0.2, -0.15) is 0 Å². The number of anilines is 1. The van der Waals surface area contributed by atoms with Gasteiger partial charge in [-0.3, -0.25) is 9.10 Å². The Morgan fingerprint density at radius 1 is 1.16 bits per heavy atom. The maximum absolute atomic E-state index is 13.0. The van der Waals surface area contributed by atoms with Crippen LogP contribution < -0.4 is 14.4 Å². The first-order chi connectivity index (χ1) is 11.8. The second-order valence-corrected chi connectivity index (χ2v) is 7.24. The Bertz CT molecular complexity index is 838. The molecule has 0 aliphatic carbocycles. The fourth-order valence-electron chi connectivity index (χ4n) is 2.24. The third-order valence-electron chi connectivity index (χ3n) is 3.47. The first-order valence-corrected chi connectivity index (χ1v) is 9.28. The summed E-state index contributed by atoms with van der Waals surface area (Å²) in [5.41, 5.74) is 0.988. The number of halogens is 1. The molecule has 2 aromatic carbocycles. The van der Waals surface area contributed by atoms with E-state index in [-0.39, 0.29) is 12.2 Å².